The third kappa shape index (κ3) is 3.88. The van der Waals surface area contributed by atoms with E-state index < -0.39 is 0 Å². The van der Waals surface area contributed by atoms with Crippen molar-refractivity contribution < 1.29 is 4.79 Å². The first-order valence-electron chi connectivity index (χ1n) is 8.42. The first-order valence-corrected chi connectivity index (χ1v) is 9.61. The highest BCUT2D eigenvalue weighted by atomic mass is 35.5. The van der Waals surface area contributed by atoms with Crippen LogP contribution in [0, 0.1) is 0 Å². The van der Waals surface area contributed by atoms with Crippen LogP contribution in [0.25, 0.3) is 10.4 Å². The molecule has 5 heteroatoms. The maximum Gasteiger partial charge on any atom is 0.130 e. The fraction of sp³-hybridized carbons (Fsp3) is 0.474. The zero-order chi connectivity index (χ0) is 17.3. The fourth-order valence-corrected chi connectivity index (χ4v) is 4.33. The number of halogens is 1. The molecule has 128 valence electrons. The molecule has 1 aliphatic heterocycles. The smallest absolute Gasteiger partial charge is 0.130 e. The summed E-state index contributed by atoms with van der Waals surface area (Å²) >= 11 is 8.21. The van der Waals surface area contributed by atoms with Crippen LogP contribution < -0.4 is 0 Å². The molecule has 1 fully saturated rings. The van der Waals surface area contributed by atoms with Crippen molar-refractivity contribution in [3.05, 3.63) is 40.0 Å². The van der Waals surface area contributed by atoms with Gasteiger partial charge in [0.2, 0.25) is 0 Å². The third-order valence-corrected chi connectivity index (χ3v) is 6.08. The molecule has 0 spiro atoms. The number of ketones is 1. The summed E-state index contributed by atoms with van der Waals surface area (Å²) in [5, 5.41) is 1.95. The molecule has 0 aliphatic carbocycles. The Morgan fingerprint density at radius 2 is 2.17 bits per heavy atom. The number of aromatic nitrogens is 1. The molecule has 24 heavy (non-hydrogen) atoms. The zero-order valence-electron chi connectivity index (χ0n) is 14.4. The summed E-state index contributed by atoms with van der Waals surface area (Å²) in [6.45, 7) is 8.29. The summed E-state index contributed by atoms with van der Waals surface area (Å²) in [4.78, 5) is 19.3. The van der Waals surface area contributed by atoms with Crippen LogP contribution in [-0.4, -0.2) is 34.8 Å². The molecule has 3 nitrogen and oxygen atoms in total. The lowest BCUT2D eigenvalue weighted by molar-refractivity contribution is -0.116. The first-order chi connectivity index (χ1) is 11.4. The second-order valence-electron chi connectivity index (χ2n) is 6.82. The lowest BCUT2D eigenvalue weighted by Gasteiger charge is -2.41. The quantitative estimate of drug-likeness (QED) is 0.740. The van der Waals surface area contributed by atoms with Gasteiger partial charge in [0.15, 0.2) is 0 Å². The molecule has 1 aromatic heterocycles. The highest BCUT2D eigenvalue weighted by Gasteiger charge is 2.31. The van der Waals surface area contributed by atoms with Crippen molar-refractivity contribution in [1.82, 2.24) is 9.88 Å². The minimum absolute atomic E-state index is 0.207. The number of rotatable bonds is 6. The molecule has 1 aliphatic rings. The number of carbonyl (C=O) groups excluding carboxylic acids is 1. The minimum atomic E-state index is 0.207. The van der Waals surface area contributed by atoms with Gasteiger partial charge in [0, 0.05) is 48.3 Å². The van der Waals surface area contributed by atoms with Gasteiger partial charge in [0.1, 0.15) is 5.78 Å². The molecule has 0 atom stereocenters. The van der Waals surface area contributed by atoms with Gasteiger partial charge in [-0.2, -0.15) is 0 Å². The van der Waals surface area contributed by atoms with E-state index >= 15 is 0 Å². The number of carbonyl (C=O) groups is 1. The number of aryl methyl sites for hydroxylation is 1. The van der Waals surface area contributed by atoms with Gasteiger partial charge in [-0.05, 0) is 38.8 Å². The van der Waals surface area contributed by atoms with E-state index in [-0.39, 0.29) is 5.78 Å². The van der Waals surface area contributed by atoms with Crippen LogP contribution in [0.15, 0.2) is 24.4 Å². The lowest BCUT2D eigenvalue weighted by atomic mass is 9.99. The van der Waals surface area contributed by atoms with Crippen LogP contribution in [0.5, 0.6) is 0 Å². The fourth-order valence-electron chi connectivity index (χ4n) is 2.93. The SMILES string of the molecule is CC(=O)CCc1ccc(-c2cnc(C3CN(C(C)C)C3)s2)c(Cl)c1. The van der Waals surface area contributed by atoms with E-state index in [1.165, 1.54) is 5.01 Å². The van der Waals surface area contributed by atoms with Crippen LogP contribution in [0.4, 0.5) is 0 Å². The summed E-state index contributed by atoms with van der Waals surface area (Å²) in [7, 11) is 0. The van der Waals surface area contributed by atoms with Gasteiger partial charge >= 0.3 is 0 Å². The maximum absolute atomic E-state index is 11.1. The second-order valence-corrected chi connectivity index (χ2v) is 8.29. The van der Waals surface area contributed by atoms with Gasteiger partial charge in [0.25, 0.3) is 0 Å². The Morgan fingerprint density at radius 3 is 2.79 bits per heavy atom. The van der Waals surface area contributed by atoms with Crippen LogP contribution in [0.2, 0.25) is 5.02 Å². The van der Waals surface area contributed by atoms with Gasteiger partial charge in [-0.25, -0.2) is 4.98 Å². The number of thiazole rings is 1. The van der Waals surface area contributed by atoms with Crippen molar-refractivity contribution in [2.45, 2.75) is 45.6 Å². The van der Waals surface area contributed by atoms with E-state index in [0.29, 0.717) is 18.4 Å². The topological polar surface area (TPSA) is 33.2 Å². The normalized spacial score (nSPS) is 15.7. The summed E-state index contributed by atoms with van der Waals surface area (Å²) in [6.07, 6.45) is 3.25. The highest BCUT2D eigenvalue weighted by Crippen LogP contribution is 2.37. The Hall–Kier alpha value is -1.23. The standard InChI is InChI=1S/C19H23ClN2OS/c1-12(2)22-10-15(11-22)19-21-9-18(24-19)16-7-6-14(8-17(16)20)5-4-13(3)23/h6-9,12,15H,4-5,10-11H2,1-3H3. The number of benzene rings is 1. The van der Waals surface area contributed by atoms with E-state index in [1.807, 2.05) is 12.3 Å². The van der Waals surface area contributed by atoms with Crippen LogP contribution in [-0.2, 0) is 11.2 Å². The van der Waals surface area contributed by atoms with Crippen molar-refractivity contribution in [3.8, 4) is 10.4 Å². The number of hydrogen-bond acceptors (Lipinski definition) is 4. The predicted octanol–water partition coefficient (Wildman–Crippen LogP) is 4.79. The molecular weight excluding hydrogens is 340 g/mol. The van der Waals surface area contributed by atoms with E-state index in [2.05, 4.69) is 35.9 Å². The molecule has 2 aromatic rings. The average Bonchev–Trinajstić information content (AvgIpc) is 2.92. The van der Waals surface area contributed by atoms with Crippen LogP contribution in [0.3, 0.4) is 0 Å². The molecule has 0 N–H and O–H groups in total. The van der Waals surface area contributed by atoms with Gasteiger partial charge in [-0.1, -0.05) is 23.7 Å². The van der Waals surface area contributed by atoms with Gasteiger partial charge in [-0.15, -0.1) is 11.3 Å². The Labute approximate surface area is 152 Å². The van der Waals surface area contributed by atoms with E-state index in [0.717, 1.165) is 40.5 Å². The molecule has 0 amide bonds. The van der Waals surface area contributed by atoms with E-state index in [9.17, 15) is 4.79 Å². The van der Waals surface area contributed by atoms with Crippen LogP contribution >= 0.6 is 22.9 Å². The number of hydrogen-bond donors (Lipinski definition) is 0. The highest BCUT2D eigenvalue weighted by molar-refractivity contribution is 7.15. The largest absolute Gasteiger partial charge is 0.300 e. The minimum Gasteiger partial charge on any atom is -0.300 e. The predicted molar refractivity (Wildman–Crippen MR) is 101 cm³/mol. The Bertz CT molecular complexity index is 735. The molecule has 1 saturated heterocycles. The van der Waals surface area contributed by atoms with Gasteiger partial charge < -0.3 is 4.79 Å². The van der Waals surface area contributed by atoms with Crippen molar-refractivity contribution in [1.29, 1.82) is 0 Å². The summed E-state index contributed by atoms with van der Waals surface area (Å²) in [6, 6.07) is 6.70. The van der Waals surface area contributed by atoms with Crippen LogP contribution in [0.1, 0.15) is 43.7 Å². The molecule has 0 radical (unpaired) electrons. The van der Waals surface area contributed by atoms with Crippen molar-refractivity contribution in [3.63, 3.8) is 0 Å². The van der Waals surface area contributed by atoms with E-state index in [1.54, 1.807) is 18.3 Å². The van der Waals surface area contributed by atoms with Gasteiger partial charge in [-0.3, -0.25) is 4.90 Å². The van der Waals surface area contributed by atoms with Crippen molar-refractivity contribution >= 4 is 28.7 Å². The molecule has 0 unspecified atom stereocenters. The Balaban J connectivity index is 1.70. The monoisotopic (exact) mass is 362 g/mol. The first kappa shape index (κ1) is 17.6. The lowest BCUT2D eigenvalue weighted by Crippen LogP contribution is -2.48. The molecule has 0 bridgehead atoms. The number of nitrogens with zero attached hydrogens (tertiary/aromatic N) is 2. The van der Waals surface area contributed by atoms with Crippen molar-refractivity contribution in [2.24, 2.45) is 0 Å². The molecule has 3 rings (SSSR count). The number of Topliss-reactive ketones (excluding diaryl/α,β-unsaturated/α-hetero) is 1. The molecule has 0 saturated carbocycles. The molecular formula is C19H23ClN2OS. The third-order valence-electron chi connectivity index (χ3n) is 4.58. The number of likely N-dealkylation sites (tertiary alicyclic amines) is 1. The molecule has 1 aromatic carbocycles. The van der Waals surface area contributed by atoms with Crippen molar-refractivity contribution in [2.75, 3.05) is 13.1 Å². The Kier molecular flexibility index (Phi) is 5.38. The maximum atomic E-state index is 11.1. The summed E-state index contributed by atoms with van der Waals surface area (Å²) < 4.78 is 0. The summed E-state index contributed by atoms with van der Waals surface area (Å²) in [5.41, 5.74) is 2.14. The summed E-state index contributed by atoms with van der Waals surface area (Å²) in [5.74, 6) is 0.762. The Morgan fingerprint density at radius 1 is 1.42 bits per heavy atom. The molecule has 2 heterocycles. The average molecular weight is 363 g/mol. The second kappa shape index (κ2) is 7.34. The zero-order valence-corrected chi connectivity index (χ0v) is 16.0. The van der Waals surface area contributed by atoms with Gasteiger partial charge in [0.05, 0.1) is 9.88 Å². The van der Waals surface area contributed by atoms with E-state index in [4.69, 9.17) is 11.6 Å².